The molecular formula is C13H24N2O2. The van der Waals surface area contributed by atoms with Gasteiger partial charge in [0.15, 0.2) is 0 Å². The van der Waals surface area contributed by atoms with Crippen LogP contribution < -0.4 is 11.1 Å². The van der Waals surface area contributed by atoms with Crippen LogP contribution in [0.3, 0.4) is 0 Å². The van der Waals surface area contributed by atoms with E-state index in [1.54, 1.807) is 0 Å². The number of nitrogens with two attached hydrogens (primary N) is 1. The first-order valence-corrected chi connectivity index (χ1v) is 6.69. The van der Waals surface area contributed by atoms with Crippen molar-refractivity contribution >= 4 is 5.91 Å². The van der Waals surface area contributed by atoms with Crippen molar-refractivity contribution in [3.05, 3.63) is 0 Å². The zero-order valence-corrected chi connectivity index (χ0v) is 10.9. The van der Waals surface area contributed by atoms with Crippen LogP contribution >= 0.6 is 0 Å². The van der Waals surface area contributed by atoms with Gasteiger partial charge in [0.25, 0.3) is 0 Å². The molecule has 2 fully saturated rings. The lowest BCUT2D eigenvalue weighted by molar-refractivity contribution is -0.127. The van der Waals surface area contributed by atoms with E-state index < -0.39 is 5.54 Å². The molecule has 1 amide bonds. The van der Waals surface area contributed by atoms with Crippen LogP contribution in [0.25, 0.3) is 0 Å². The zero-order valence-electron chi connectivity index (χ0n) is 10.9. The minimum Gasteiger partial charge on any atom is -0.381 e. The lowest BCUT2D eigenvalue weighted by atomic mass is 9.90. The highest BCUT2D eigenvalue weighted by Gasteiger charge is 2.44. The number of hydrogen-bond acceptors (Lipinski definition) is 3. The third-order valence-electron chi connectivity index (χ3n) is 4.25. The zero-order chi connectivity index (χ0) is 12.5. The van der Waals surface area contributed by atoms with E-state index >= 15 is 0 Å². The first kappa shape index (κ1) is 12.8. The van der Waals surface area contributed by atoms with E-state index in [0.29, 0.717) is 11.8 Å². The van der Waals surface area contributed by atoms with Crippen molar-refractivity contribution in [1.29, 1.82) is 0 Å². The lowest BCUT2D eigenvalue weighted by Crippen LogP contribution is -2.56. The van der Waals surface area contributed by atoms with Gasteiger partial charge in [-0.05, 0) is 51.4 Å². The van der Waals surface area contributed by atoms with Crippen LogP contribution in [0.2, 0.25) is 0 Å². The van der Waals surface area contributed by atoms with Crippen molar-refractivity contribution < 1.29 is 9.53 Å². The maximum atomic E-state index is 12.1. The van der Waals surface area contributed by atoms with E-state index in [0.717, 1.165) is 38.9 Å². The molecular weight excluding hydrogens is 216 g/mol. The number of carbonyl (C=O) groups is 1. The molecule has 1 saturated heterocycles. The summed E-state index contributed by atoms with van der Waals surface area (Å²) < 4.78 is 5.33. The molecule has 2 rings (SSSR count). The van der Waals surface area contributed by atoms with E-state index in [9.17, 15) is 4.79 Å². The molecule has 3 N–H and O–H groups in total. The number of hydrogen-bond donors (Lipinski definition) is 2. The van der Waals surface area contributed by atoms with Crippen molar-refractivity contribution in [2.75, 3.05) is 13.2 Å². The van der Waals surface area contributed by atoms with Crippen LogP contribution in [-0.4, -0.2) is 30.7 Å². The smallest absolute Gasteiger partial charge is 0.240 e. The molecule has 0 radical (unpaired) electrons. The normalized spacial score (nSPS) is 27.2. The predicted octanol–water partition coefficient (Wildman–Crippen LogP) is 1.05. The Balaban J connectivity index is 1.84. The Morgan fingerprint density at radius 1 is 1.35 bits per heavy atom. The molecule has 1 aliphatic heterocycles. The van der Waals surface area contributed by atoms with Gasteiger partial charge in [-0.1, -0.05) is 0 Å². The highest BCUT2D eigenvalue weighted by molar-refractivity contribution is 5.86. The molecule has 98 valence electrons. The van der Waals surface area contributed by atoms with Gasteiger partial charge in [-0.2, -0.15) is 0 Å². The first-order chi connectivity index (χ1) is 8.01. The summed E-state index contributed by atoms with van der Waals surface area (Å²) in [6.45, 7) is 5.56. The minimum atomic E-state index is -0.681. The van der Waals surface area contributed by atoms with E-state index in [-0.39, 0.29) is 11.9 Å². The third-order valence-corrected chi connectivity index (χ3v) is 4.25. The molecule has 2 unspecified atom stereocenters. The molecule has 0 aromatic heterocycles. The minimum absolute atomic E-state index is 0.0130. The van der Waals surface area contributed by atoms with Crippen molar-refractivity contribution in [3.8, 4) is 0 Å². The van der Waals surface area contributed by atoms with Crippen LogP contribution in [0.1, 0.15) is 39.5 Å². The average Bonchev–Trinajstić information content (AvgIpc) is 3.14. The third kappa shape index (κ3) is 2.99. The standard InChI is InChI=1S/C13H24N2O2/c1-9(10-5-7-17-8-6-10)15-12(16)13(2,14)11-3-4-11/h9-11H,3-8,14H2,1-2H3,(H,15,16). The Morgan fingerprint density at radius 3 is 2.47 bits per heavy atom. The maximum absolute atomic E-state index is 12.1. The molecule has 17 heavy (non-hydrogen) atoms. The van der Waals surface area contributed by atoms with E-state index in [1.165, 1.54) is 0 Å². The maximum Gasteiger partial charge on any atom is 0.240 e. The second kappa shape index (κ2) is 4.94. The molecule has 0 aromatic carbocycles. The Labute approximate surface area is 103 Å². The summed E-state index contributed by atoms with van der Waals surface area (Å²) in [6, 6.07) is 0.202. The largest absolute Gasteiger partial charge is 0.381 e. The molecule has 0 aromatic rings. The fourth-order valence-corrected chi connectivity index (χ4v) is 2.56. The molecule has 1 aliphatic carbocycles. The van der Waals surface area contributed by atoms with Crippen molar-refractivity contribution in [3.63, 3.8) is 0 Å². The molecule has 4 nitrogen and oxygen atoms in total. The quantitative estimate of drug-likeness (QED) is 0.772. The number of ether oxygens (including phenoxy) is 1. The fourth-order valence-electron chi connectivity index (χ4n) is 2.56. The van der Waals surface area contributed by atoms with E-state index in [1.807, 2.05) is 6.92 Å². The van der Waals surface area contributed by atoms with Gasteiger partial charge in [-0.3, -0.25) is 4.79 Å². The number of amides is 1. The number of carbonyl (C=O) groups excluding carboxylic acids is 1. The second-order valence-electron chi connectivity index (χ2n) is 5.77. The van der Waals surface area contributed by atoms with Gasteiger partial charge in [-0.25, -0.2) is 0 Å². The lowest BCUT2D eigenvalue weighted by Gasteiger charge is -2.31. The molecule has 0 spiro atoms. The second-order valence-corrected chi connectivity index (χ2v) is 5.77. The Morgan fingerprint density at radius 2 is 1.94 bits per heavy atom. The van der Waals surface area contributed by atoms with Crippen LogP contribution in [0.15, 0.2) is 0 Å². The van der Waals surface area contributed by atoms with Gasteiger partial charge in [0.2, 0.25) is 5.91 Å². The predicted molar refractivity (Wildman–Crippen MR) is 66.5 cm³/mol. The molecule has 4 heteroatoms. The summed E-state index contributed by atoms with van der Waals surface area (Å²) >= 11 is 0. The monoisotopic (exact) mass is 240 g/mol. The van der Waals surface area contributed by atoms with Crippen LogP contribution in [0, 0.1) is 11.8 Å². The Hall–Kier alpha value is -0.610. The average molecular weight is 240 g/mol. The summed E-state index contributed by atoms with van der Waals surface area (Å²) in [4.78, 5) is 12.1. The van der Waals surface area contributed by atoms with Gasteiger partial charge in [0.1, 0.15) is 0 Å². The van der Waals surface area contributed by atoms with Gasteiger partial charge in [0, 0.05) is 19.3 Å². The Kier molecular flexibility index (Phi) is 3.73. The Bertz CT molecular complexity index is 281. The van der Waals surface area contributed by atoms with Gasteiger partial charge in [-0.15, -0.1) is 0 Å². The summed E-state index contributed by atoms with van der Waals surface area (Å²) in [7, 11) is 0. The number of nitrogens with one attached hydrogen (secondary N) is 1. The van der Waals surface area contributed by atoms with E-state index in [4.69, 9.17) is 10.5 Å². The topological polar surface area (TPSA) is 64.4 Å². The van der Waals surface area contributed by atoms with Crippen LogP contribution in [-0.2, 0) is 9.53 Å². The summed E-state index contributed by atoms with van der Waals surface area (Å²) in [5, 5.41) is 3.09. The van der Waals surface area contributed by atoms with Gasteiger partial charge < -0.3 is 15.8 Å². The highest BCUT2D eigenvalue weighted by atomic mass is 16.5. The van der Waals surface area contributed by atoms with Crippen molar-refractivity contribution in [2.24, 2.45) is 17.6 Å². The fraction of sp³-hybridized carbons (Fsp3) is 0.923. The van der Waals surface area contributed by atoms with Crippen molar-refractivity contribution in [1.82, 2.24) is 5.32 Å². The molecule has 2 aliphatic rings. The van der Waals surface area contributed by atoms with Crippen molar-refractivity contribution in [2.45, 2.75) is 51.1 Å². The molecule has 0 bridgehead atoms. The SMILES string of the molecule is CC(NC(=O)C(C)(N)C1CC1)C1CCOCC1. The first-order valence-electron chi connectivity index (χ1n) is 6.69. The van der Waals surface area contributed by atoms with E-state index in [2.05, 4.69) is 12.2 Å². The summed E-state index contributed by atoms with van der Waals surface area (Å²) in [6.07, 6.45) is 4.25. The van der Waals surface area contributed by atoms with Gasteiger partial charge >= 0.3 is 0 Å². The van der Waals surface area contributed by atoms with Gasteiger partial charge in [0.05, 0.1) is 5.54 Å². The summed E-state index contributed by atoms with van der Waals surface area (Å²) in [5.41, 5.74) is 5.43. The van der Waals surface area contributed by atoms with Crippen LogP contribution in [0.4, 0.5) is 0 Å². The number of rotatable bonds is 4. The van der Waals surface area contributed by atoms with Crippen LogP contribution in [0.5, 0.6) is 0 Å². The molecule has 1 heterocycles. The highest BCUT2D eigenvalue weighted by Crippen LogP contribution is 2.38. The molecule has 1 saturated carbocycles. The molecule has 2 atom stereocenters. The summed E-state index contributed by atoms with van der Waals surface area (Å²) in [5.74, 6) is 0.922.